The highest BCUT2D eigenvalue weighted by Gasteiger charge is 2.62. The zero-order chi connectivity index (χ0) is 17.7. The number of hydrogen-bond donors (Lipinski definition) is 1. The normalized spacial score (nSPS) is 30.4. The van der Waals surface area contributed by atoms with Gasteiger partial charge < -0.3 is 4.74 Å². The van der Waals surface area contributed by atoms with E-state index in [0.29, 0.717) is 0 Å². The lowest BCUT2D eigenvalue weighted by Gasteiger charge is -2.38. The van der Waals surface area contributed by atoms with Gasteiger partial charge in [-0.25, -0.2) is 9.40 Å². The van der Waals surface area contributed by atoms with Crippen molar-refractivity contribution in [2.24, 2.45) is 11.3 Å². The van der Waals surface area contributed by atoms with Crippen LogP contribution in [0.2, 0.25) is 0 Å². The van der Waals surface area contributed by atoms with E-state index >= 15 is 0 Å². The van der Waals surface area contributed by atoms with Crippen molar-refractivity contribution in [3.8, 4) is 0 Å². The van der Waals surface area contributed by atoms with Gasteiger partial charge in [-0.05, 0) is 48.8 Å². The van der Waals surface area contributed by atoms with Crippen LogP contribution < -0.4 is 5.43 Å². The molecule has 2 saturated heterocycles. The maximum atomic E-state index is 13.2. The van der Waals surface area contributed by atoms with E-state index in [2.05, 4.69) is 19.3 Å². The predicted molar refractivity (Wildman–Crippen MR) is 93.3 cm³/mol. The van der Waals surface area contributed by atoms with Gasteiger partial charge in [-0.3, -0.25) is 10.2 Å². The number of carbonyl (C=O) groups is 1. The van der Waals surface area contributed by atoms with E-state index in [1.807, 2.05) is 5.01 Å². The van der Waals surface area contributed by atoms with Gasteiger partial charge in [0.15, 0.2) is 0 Å². The van der Waals surface area contributed by atoms with E-state index in [1.54, 1.807) is 12.1 Å². The molecular formula is C20H27FN2O2. The Kier molecular flexibility index (Phi) is 4.12. The molecule has 3 aliphatic rings. The average molecular weight is 346 g/mol. The number of nitrogens with zero attached hydrogens (tertiary/aromatic N) is 1. The van der Waals surface area contributed by atoms with Gasteiger partial charge in [0, 0.05) is 25.6 Å². The van der Waals surface area contributed by atoms with Gasteiger partial charge in [0.1, 0.15) is 5.82 Å². The number of carbonyl (C=O) groups excluding carboxylic acids is 1. The smallest absolute Gasteiger partial charge is 0.238 e. The maximum Gasteiger partial charge on any atom is 0.238 e. The number of ether oxygens (including phenoxy) is 1. The largest absolute Gasteiger partial charge is 0.375 e. The summed E-state index contributed by atoms with van der Waals surface area (Å²) in [5.41, 5.74) is 4.14. The second-order valence-corrected chi connectivity index (χ2v) is 8.43. The van der Waals surface area contributed by atoms with E-state index in [-0.39, 0.29) is 34.6 Å². The Morgan fingerprint density at radius 1 is 1.20 bits per heavy atom. The number of hydrogen-bond acceptors (Lipinski definition) is 3. The molecule has 1 spiro atoms. The molecule has 2 heterocycles. The highest BCUT2D eigenvalue weighted by atomic mass is 19.1. The van der Waals surface area contributed by atoms with Crippen molar-refractivity contribution in [1.82, 2.24) is 10.4 Å². The lowest BCUT2D eigenvalue weighted by molar-refractivity contribution is -0.130. The van der Waals surface area contributed by atoms with Gasteiger partial charge in [0.25, 0.3) is 0 Å². The first-order valence-electron chi connectivity index (χ1n) is 9.36. The van der Waals surface area contributed by atoms with Gasteiger partial charge in [0.05, 0.1) is 11.5 Å². The van der Waals surface area contributed by atoms with Crippen molar-refractivity contribution >= 4 is 5.91 Å². The molecule has 1 amide bonds. The number of piperidine rings is 1. The van der Waals surface area contributed by atoms with Crippen molar-refractivity contribution in [3.63, 3.8) is 0 Å². The summed E-state index contributed by atoms with van der Waals surface area (Å²) in [5.74, 6) is -0.0545. The van der Waals surface area contributed by atoms with Gasteiger partial charge in [-0.15, -0.1) is 0 Å². The molecule has 2 aliphatic heterocycles. The van der Waals surface area contributed by atoms with Crippen molar-refractivity contribution < 1.29 is 13.9 Å². The Hall–Kier alpha value is -1.46. The van der Waals surface area contributed by atoms with Gasteiger partial charge in [0.2, 0.25) is 5.91 Å². The summed E-state index contributed by atoms with van der Waals surface area (Å²) in [7, 11) is 0. The predicted octanol–water partition coefficient (Wildman–Crippen LogP) is 3.24. The highest BCUT2D eigenvalue weighted by molar-refractivity contribution is 5.84. The van der Waals surface area contributed by atoms with Crippen LogP contribution in [-0.2, 0) is 9.53 Å². The Balaban J connectivity index is 1.36. The lowest BCUT2D eigenvalue weighted by atomic mass is 9.89. The third-order valence-electron chi connectivity index (χ3n) is 6.47. The van der Waals surface area contributed by atoms with Gasteiger partial charge >= 0.3 is 0 Å². The first-order chi connectivity index (χ1) is 11.9. The highest BCUT2D eigenvalue weighted by Crippen LogP contribution is 2.64. The number of hydrazine groups is 1. The third-order valence-corrected chi connectivity index (χ3v) is 6.47. The molecule has 136 valence electrons. The molecule has 1 saturated carbocycles. The van der Waals surface area contributed by atoms with Crippen molar-refractivity contribution in [2.75, 3.05) is 19.7 Å². The topological polar surface area (TPSA) is 41.6 Å². The molecule has 5 heteroatoms. The van der Waals surface area contributed by atoms with Crippen LogP contribution in [0.5, 0.6) is 0 Å². The fourth-order valence-corrected chi connectivity index (χ4v) is 4.82. The molecule has 2 atom stereocenters. The van der Waals surface area contributed by atoms with Gasteiger partial charge in [-0.2, -0.15) is 0 Å². The zero-order valence-electron chi connectivity index (χ0n) is 15.1. The molecule has 1 aromatic rings. The van der Waals surface area contributed by atoms with Crippen LogP contribution >= 0.6 is 0 Å². The summed E-state index contributed by atoms with van der Waals surface area (Å²) < 4.78 is 19.1. The van der Waals surface area contributed by atoms with Crippen LogP contribution in [0.15, 0.2) is 24.3 Å². The fraction of sp³-hybridized carbons (Fsp3) is 0.650. The lowest BCUT2D eigenvalue weighted by Crippen LogP contribution is -2.52. The van der Waals surface area contributed by atoms with E-state index in [4.69, 9.17) is 4.74 Å². The summed E-state index contributed by atoms with van der Waals surface area (Å²) in [6.45, 7) is 6.80. The number of amides is 1. The number of halogens is 1. The molecule has 1 aromatic carbocycles. The van der Waals surface area contributed by atoms with E-state index in [9.17, 15) is 9.18 Å². The standard InChI is InChI=1S/C20H27FN2O2/c1-19(2)16(14-4-6-15(21)7-5-14)17(19)18(24)22-23-11-9-20(10-12-23)8-3-13-25-20/h4-7,16-17H,3,8-13H2,1-2H3,(H,22,24). The molecule has 0 radical (unpaired) electrons. The van der Waals surface area contributed by atoms with Crippen molar-refractivity contribution in [3.05, 3.63) is 35.6 Å². The second kappa shape index (κ2) is 6.06. The Labute approximate surface area is 148 Å². The maximum absolute atomic E-state index is 13.2. The minimum atomic E-state index is -0.236. The molecule has 0 aromatic heterocycles. The summed E-state index contributed by atoms with van der Waals surface area (Å²) >= 11 is 0. The molecular weight excluding hydrogens is 319 g/mol. The quantitative estimate of drug-likeness (QED) is 0.913. The van der Waals surface area contributed by atoms with E-state index in [0.717, 1.165) is 50.9 Å². The number of nitrogens with one attached hydrogen (secondary N) is 1. The second-order valence-electron chi connectivity index (χ2n) is 8.43. The Bertz CT molecular complexity index is 642. The SMILES string of the molecule is CC1(C)C(C(=O)NN2CCC3(CCCO3)CC2)C1c1ccc(F)cc1. The monoisotopic (exact) mass is 346 g/mol. The summed E-state index contributed by atoms with van der Waals surface area (Å²) in [6.07, 6.45) is 4.28. The summed E-state index contributed by atoms with van der Waals surface area (Å²) in [6, 6.07) is 6.56. The van der Waals surface area contributed by atoms with E-state index in [1.165, 1.54) is 12.1 Å². The van der Waals surface area contributed by atoms with Crippen LogP contribution in [0.25, 0.3) is 0 Å². The molecule has 2 unspecified atom stereocenters. The average Bonchev–Trinajstić information content (AvgIpc) is 2.92. The minimum Gasteiger partial charge on any atom is -0.375 e. The number of rotatable bonds is 3. The summed E-state index contributed by atoms with van der Waals surface area (Å²) in [5, 5.41) is 2.05. The Morgan fingerprint density at radius 2 is 1.88 bits per heavy atom. The molecule has 0 bridgehead atoms. The molecule has 4 rings (SSSR count). The molecule has 3 fully saturated rings. The third kappa shape index (κ3) is 3.08. The first kappa shape index (κ1) is 17.0. The molecule has 1 aliphatic carbocycles. The summed E-state index contributed by atoms with van der Waals surface area (Å²) in [4.78, 5) is 12.8. The Morgan fingerprint density at radius 3 is 2.48 bits per heavy atom. The van der Waals surface area contributed by atoms with Crippen LogP contribution in [0.3, 0.4) is 0 Å². The van der Waals surface area contributed by atoms with Gasteiger partial charge in [-0.1, -0.05) is 26.0 Å². The van der Waals surface area contributed by atoms with Crippen LogP contribution in [0, 0.1) is 17.2 Å². The van der Waals surface area contributed by atoms with Crippen LogP contribution in [0.1, 0.15) is 51.0 Å². The van der Waals surface area contributed by atoms with E-state index < -0.39 is 0 Å². The first-order valence-corrected chi connectivity index (χ1v) is 9.36. The molecule has 1 N–H and O–H groups in total. The zero-order valence-corrected chi connectivity index (χ0v) is 15.1. The van der Waals surface area contributed by atoms with Crippen LogP contribution in [-0.4, -0.2) is 36.2 Å². The number of benzene rings is 1. The van der Waals surface area contributed by atoms with Crippen molar-refractivity contribution in [2.45, 2.75) is 51.0 Å². The molecule has 25 heavy (non-hydrogen) atoms. The van der Waals surface area contributed by atoms with Crippen molar-refractivity contribution in [1.29, 1.82) is 0 Å². The fourth-order valence-electron chi connectivity index (χ4n) is 4.82. The molecule has 4 nitrogen and oxygen atoms in total. The minimum absolute atomic E-state index is 0.0587. The van der Waals surface area contributed by atoms with Crippen LogP contribution in [0.4, 0.5) is 4.39 Å².